The van der Waals surface area contributed by atoms with Gasteiger partial charge in [-0.25, -0.2) is 4.79 Å². The second kappa shape index (κ2) is 8.03. The van der Waals surface area contributed by atoms with Crippen molar-refractivity contribution in [2.45, 2.75) is 40.5 Å². The average Bonchev–Trinajstić information content (AvgIpc) is 2.63. The molecule has 1 N–H and O–H groups in total. The molecule has 1 heterocycles. The summed E-state index contributed by atoms with van der Waals surface area (Å²) >= 11 is 0. The Labute approximate surface area is 163 Å². The first kappa shape index (κ1) is 19.3. The fourth-order valence-electron chi connectivity index (χ4n) is 3.84. The van der Waals surface area contributed by atoms with Crippen LogP contribution in [-0.2, 0) is 0 Å². The molecule has 0 unspecified atom stereocenters. The molecule has 4 nitrogen and oxygen atoms in total. The van der Waals surface area contributed by atoms with Gasteiger partial charge in [0.05, 0.1) is 0 Å². The van der Waals surface area contributed by atoms with Crippen LogP contribution in [0.5, 0.6) is 0 Å². The van der Waals surface area contributed by atoms with Gasteiger partial charge >= 0.3 is 6.03 Å². The number of carbonyl (C=O) groups excluding carboxylic acids is 1. The molecule has 1 fully saturated rings. The molecule has 0 saturated carbocycles. The van der Waals surface area contributed by atoms with Crippen LogP contribution in [-0.4, -0.2) is 37.1 Å². The molecule has 2 aromatic rings. The third-order valence-electron chi connectivity index (χ3n) is 5.42. The van der Waals surface area contributed by atoms with E-state index < -0.39 is 0 Å². The molecule has 4 heteroatoms. The minimum Gasteiger partial charge on any atom is -0.368 e. The minimum absolute atomic E-state index is 0.00600. The quantitative estimate of drug-likeness (QED) is 0.822. The summed E-state index contributed by atoms with van der Waals surface area (Å²) < 4.78 is 0. The molecule has 2 aromatic carbocycles. The van der Waals surface area contributed by atoms with E-state index in [9.17, 15) is 4.79 Å². The molecule has 0 spiro atoms. The third-order valence-corrected chi connectivity index (χ3v) is 5.42. The summed E-state index contributed by atoms with van der Waals surface area (Å²) in [6.45, 7) is 13.9. The van der Waals surface area contributed by atoms with E-state index >= 15 is 0 Å². The number of piperazine rings is 1. The first-order valence-electron chi connectivity index (χ1n) is 9.84. The second-order valence-electron chi connectivity index (χ2n) is 7.89. The summed E-state index contributed by atoms with van der Waals surface area (Å²) in [7, 11) is 0. The van der Waals surface area contributed by atoms with Gasteiger partial charge in [-0.15, -0.1) is 0 Å². The molecule has 27 heavy (non-hydrogen) atoms. The number of nitrogens with one attached hydrogen (secondary N) is 1. The van der Waals surface area contributed by atoms with Crippen molar-refractivity contribution in [3.8, 4) is 0 Å². The van der Waals surface area contributed by atoms with Gasteiger partial charge in [0.2, 0.25) is 0 Å². The number of para-hydroxylation sites is 1. The van der Waals surface area contributed by atoms with Crippen molar-refractivity contribution < 1.29 is 4.79 Å². The number of urea groups is 1. The molecule has 1 aliphatic rings. The van der Waals surface area contributed by atoms with Gasteiger partial charge in [-0.2, -0.15) is 0 Å². The fourth-order valence-corrected chi connectivity index (χ4v) is 3.84. The Morgan fingerprint density at radius 2 is 1.67 bits per heavy atom. The van der Waals surface area contributed by atoms with Crippen molar-refractivity contribution in [2.75, 3.05) is 36.4 Å². The summed E-state index contributed by atoms with van der Waals surface area (Å²) in [4.78, 5) is 17.2. The molecule has 0 aliphatic carbocycles. The van der Waals surface area contributed by atoms with Crippen LogP contribution >= 0.6 is 0 Å². The molecular formula is C23H31N3O. The monoisotopic (exact) mass is 365 g/mol. The van der Waals surface area contributed by atoms with Gasteiger partial charge in [0.25, 0.3) is 0 Å². The lowest BCUT2D eigenvalue weighted by molar-refractivity contribution is 0.208. The Kier molecular flexibility index (Phi) is 5.73. The lowest BCUT2D eigenvalue weighted by Crippen LogP contribution is -2.50. The van der Waals surface area contributed by atoms with Crippen LogP contribution in [0.25, 0.3) is 0 Å². The van der Waals surface area contributed by atoms with Crippen LogP contribution in [0.3, 0.4) is 0 Å². The molecule has 144 valence electrons. The van der Waals surface area contributed by atoms with Crippen molar-refractivity contribution in [1.82, 2.24) is 4.90 Å². The molecule has 2 amide bonds. The zero-order valence-corrected chi connectivity index (χ0v) is 17.2. The predicted molar refractivity (Wildman–Crippen MR) is 114 cm³/mol. The van der Waals surface area contributed by atoms with E-state index in [2.05, 4.69) is 81.2 Å². The highest BCUT2D eigenvalue weighted by Crippen LogP contribution is 2.28. The maximum absolute atomic E-state index is 12.8. The summed E-state index contributed by atoms with van der Waals surface area (Å²) in [6.07, 6.45) is 0. The largest absolute Gasteiger partial charge is 0.368 e. The van der Waals surface area contributed by atoms with E-state index in [1.807, 2.05) is 4.90 Å². The van der Waals surface area contributed by atoms with E-state index in [0.717, 1.165) is 37.4 Å². The van der Waals surface area contributed by atoms with Crippen LogP contribution in [0, 0.1) is 20.8 Å². The van der Waals surface area contributed by atoms with Gasteiger partial charge in [-0.05, 0) is 49.4 Å². The maximum atomic E-state index is 12.8. The number of anilines is 2. The number of hydrogen-bond donors (Lipinski definition) is 1. The van der Waals surface area contributed by atoms with E-state index in [4.69, 9.17) is 0 Å². The van der Waals surface area contributed by atoms with Crippen molar-refractivity contribution in [2.24, 2.45) is 0 Å². The number of rotatable bonds is 3. The Hall–Kier alpha value is -2.49. The van der Waals surface area contributed by atoms with Crippen LogP contribution in [0.2, 0.25) is 0 Å². The SMILES string of the molecule is Cc1ccc(N2CCN(C(=O)Nc3c(C)cccc3C(C)C)CC2)c(C)c1. The Balaban J connectivity index is 1.66. The van der Waals surface area contributed by atoms with Crippen molar-refractivity contribution in [1.29, 1.82) is 0 Å². The number of benzene rings is 2. The van der Waals surface area contributed by atoms with Crippen LogP contribution < -0.4 is 10.2 Å². The standard InChI is InChI=1S/C23H31N3O/c1-16(2)20-8-6-7-18(4)22(20)24-23(27)26-13-11-25(12-14-26)21-10-9-17(3)15-19(21)5/h6-10,15-16H,11-14H2,1-5H3,(H,24,27). The van der Waals surface area contributed by atoms with Crippen molar-refractivity contribution in [3.63, 3.8) is 0 Å². The van der Waals surface area contributed by atoms with Crippen molar-refractivity contribution in [3.05, 3.63) is 58.7 Å². The Morgan fingerprint density at radius 1 is 0.963 bits per heavy atom. The maximum Gasteiger partial charge on any atom is 0.321 e. The number of carbonyl (C=O) groups is 1. The molecule has 0 radical (unpaired) electrons. The molecular weight excluding hydrogens is 334 g/mol. The zero-order chi connectivity index (χ0) is 19.6. The molecule has 0 aromatic heterocycles. The second-order valence-corrected chi connectivity index (χ2v) is 7.89. The van der Waals surface area contributed by atoms with E-state index in [-0.39, 0.29) is 6.03 Å². The highest BCUT2D eigenvalue weighted by molar-refractivity contribution is 5.91. The first-order chi connectivity index (χ1) is 12.9. The van der Waals surface area contributed by atoms with E-state index in [0.29, 0.717) is 5.92 Å². The predicted octanol–water partition coefficient (Wildman–Crippen LogP) is 5.09. The van der Waals surface area contributed by atoms with Crippen LogP contribution in [0.4, 0.5) is 16.2 Å². The molecule has 0 bridgehead atoms. The van der Waals surface area contributed by atoms with Gasteiger partial charge in [0.15, 0.2) is 0 Å². The Bertz CT molecular complexity index is 820. The number of nitrogens with zero attached hydrogens (tertiary/aromatic N) is 2. The Morgan fingerprint density at radius 3 is 2.30 bits per heavy atom. The first-order valence-corrected chi connectivity index (χ1v) is 9.84. The average molecular weight is 366 g/mol. The zero-order valence-electron chi connectivity index (χ0n) is 17.2. The summed E-state index contributed by atoms with van der Waals surface area (Å²) in [5, 5.41) is 3.17. The summed E-state index contributed by atoms with van der Waals surface area (Å²) in [5.41, 5.74) is 7.14. The third kappa shape index (κ3) is 4.26. The smallest absolute Gasteiger partial charge is 0.321 e. The molecule has 0 atom stereocenters. The normalized spacial score (nSPS) is 14.6. The molecule has 3 rings (SSSR count). The highest BCUT2D eigenvalue weighted by Gasteiger charge is 2.23. The lowest BCUT2D eigenvalue weighted by atomic mass is 9.98. The van der Waals surface area contributed by atoms with E-state index in [1.165, 1.54) is 22.4 Å². The van der Waals surface area contributed by atoms with Crippen LogP contribution in [0.15, 0.2) is 36.4 Å². The minimum atomic E-state index is 0.00600. The lowest BCUT2D eigenvalue weighted by Gasteiger charge is -2.37. The van der Waals surface area contributed by atoms with Crippen LogP contribution in [0.1, 0.15) is 42.0 Å². The number of aryl methyl sites for hydroxylation is 3. The van der Waals surface area contributed by atoms with Gasteiger partial charge in [-0.3, -0.25) is 0 Å². The number of amides is 2. The molecule has 1 aliphatic heterocycles. The molecule has 1 saturated heterocycles. The summed E-state index contributed by atoms with van der Waals surface area (Å²) in [5.74, 6) is 0.376. The van der Waals surface area contributed by atoms with Gasteiger partial charge in [0, 0.05) is 37.6 Å². The summed E-state index contributed by atoms with van der Waals surface area (Å²) in [6, 6.07) is 12.8. The highest BCUT2D eigenvalue weighted by atomic mass is 16.2. The number of hydrogen-bond acceptors (Lipinski definition) is 2. The fraction of sp³-hybridized carbons (Fsp3) is 0.435. The van der Waals surface area contributed by atoms with Gasteiger partial charge in [0.1, 0.15) is 0 Å². The van der Waals surface area contributed by atoms with Gasteiger partial charge < -0.3 is 15.1 Å². The van der Waals surface area contributed by atoms with E-state index in [1.54, 1.807) is 0 Å². The van der Waals surface area contributed by atoms with Crippen molar-refractivity contribution >= 4 is 17.4 Å². The topological polar surface area (TPSA) is 35.6 Å². The van der Waals surface area contributed by atoms with Gasteiger partial charge in [-0.1, -0.05) is 49.7 Å².